The van der Waals surface area contributed by atoms with Gasteiger partial charge in [-0.1, -0.05) is 37.6 Å². The molecule has 1 saturated heterocycles. The molecule has 1 aromatic heterocycles. The van der Waals surface area contributed by atoms with Crippen molar-refractivity contribution in [2.75, 3.05) is 25.0 Å². The Labute approximate surface area is 247 Å². The zero-order valence-electron chi connectivity index (χ0n) is 23.5. The van der Waals surface area contributed by atoms with Crippen molar-refractivity contribution in [1.82, 2.24) is 4.98 Å². The van der Waals surface area contributed by atoms with Crippen LogP contribution in [0.15, 0.2) is 60.9 Å². The number of aromatic nitrogens is 1. The number of carbonyl (C=O) groups is 2. The highest BCUT2D eigenvalue weighted by atomic mass is 35.5. The fourth-order valence-electron chi connectivity index (χ4n) is 6.73. The smallest absolute Gasteiger partial charge is 0.449 e. The quantitative estimate of drug-likeness (QED) is 0.185. The van der Waals surface area contributed by atoms with Gasteiger partial charge in [0, 0.05) is 56.0 Å². The van der Waals surface area contributed by atoms with Crippen LogP contribution in [0.4, 0.5) is 23.7 Å². The minimum atomic E-state index is -4.72. The first kappa shape index (κ1) is 29.8. The maximum Gasteiger partial charge on any atom is 0.511 e. The molecule has 11 heteroatoms. The number of benzene rings is 2. The second kappa shape index (κ2) is 10.9. The zero-order valence-corrected chi connectivity index (χ0v) is 24.2. The molecule has 2 atom stereocenters. The number of hydrogen-bond acceptors (Lipinski definition) is 5. The van der Waals surface area contributed by atoms with Crippen molar-refractivity contribution in [2.24, 2.45) is 0 Å². The maximum atomic E-state index is 14.7. The van der Waals surface area contributed by atoms with Gasteiger partial charge in [-0.2, -0.15) is 13.2 Å². The molecule has 0 saturated carbocycles. The molecule has 2 unspecified atom stereocenters. The van der Waals surface area contributed by atoms with E-state index in [4.69, 9.17) is 16.3 Å². The standard InChI is InChI=1S/C31H31ClF3N3O4/c1-30(2)18-26(23-17-21(42-29(40)41)7-8-24(23)30)38(3,20-11-15-37(16-12-20)19-9-13-36-14-10-19)28(39)22-5-4-6-25(27(22)32)31(33,34)35/h4-10,13-14,17,20,26H,11-12,15-16,18H2,1-3H3/p+1. The summed E-state index contributed by atoms with van der Waals surface area (Å²) >= 11 is 6.33. The third kappa shape index (κ3) is 5.33. The average Bonchev–Trinajstić information content (AvgIpc) is 3.22. The predicted octanol–water partition coefficient (Wildman–Crippen LogP) is 7.49. The minimum absolute atomic E-state index is 0.118. The van der Waals surface area contributed by atoms with Gasteiger partial charge in [-0.25, -0.2) is 14.1 Å². The van der Waals surface area contributed by atoms with Crippen molar-refractivity contribution in [3.05, 3.63) is 88.2 Å². The van der Waals surface area contributed by atoms with Crippen LogP contribution < -0.4 is 9.64 Å². The van der Waals surface area contributed by atoms with E-state index in [1.54, 1.807) is 31.6 Å². The number of carbonyl (C=O) groups excluding carboxylic acids is 1. The Morgan fingerprint density at radius 1 is 1.10 bits per heavy atom. The number of fused-ring (bicyclic) bond motifs is 1. The van der Waals surface area contributed by atoms with Gasteiger partial charge in [-0.05, 0) is 47.4 Å². The Kier molecular flexibility index (Phi) is 7.74. The molecule has 1 aliphatic heterocycles. The van der Waals surface area contributed by atoms with Crippen LogP contribution in [0.2, 0.25) is 5.02 Å². The van der Waals surface area contributed by atoms with E-state index in [0.717, 1.165) is 22.9 Å². The summed E-state index contributed by atoms with van der Waals surface area (Å²) in [5, 5.41) is 8.61. The molecule has 1 N–H and O–H groups in total. The highest BCUT2D eigenvalue weighted by Gasteiger charge is 2.55. The lowest BCUT2D eigenvalue weighted by molar-refractivity contribution is -0.887. The second-order valence-electron chi connectivity index (χ2n) is 11.8. The summed E-state index contributed by atoms with van der Waals surface area (Å²) in [4.78, 5) is 32.3. The van der Waals surface area contributed by atoms with Crippen molar-refractivity contribution in [2.45, 2.75) is 56.8 Å². The van der Waals surface area contributed by atoms with Crippen molar-refractivity contribution < 1.29 is 37.1 Å². The monoisotopic (exact) mass is 602 g/mol. The van der Waals surface area contributed by atoms with Gasteiger partial charge in [-0.15, -0.1) is 0 Å². The van der Waals surface area contributed by atoms with E-state index >= 15 is 0 Å². The van der Waals surface area contributed by atoms with Gasteiger partial charge in [0.15, 0.2) is 0 Å². The number of piperidine rings is 1. The number of nitrogens with zero attached hydrogens (tertiary/aromatic N) is 3. The molecule has 2 heterocycles. The van der Waals surface area contributed by atoms with E-state index in [1.807, 2.05) is 32.0 Å². The van der Waals surface area contributed by atoms with Gasteiger partial charge in [-0.3, -0.25) is 4.98 Å². The van der Waals surface area contributed by atoms with Crippen LogP contribution in [-0.2, 0) is 11.6 Å². The number of amides is 1. The Balaban J connectivity index is 1.61. The van der Waals surface area contributed by atoms with E-state index in [1.165, 1.54) is 12.1 Å². The van der Waals surface area contributed by atoms with Crippen LogP contribution in [0.25, 0.3) is 0 Å². The second-order valence-corrected chi connectivity index (χ2v) is 12.1. The molecule has 0 bridgehead atoms. The molecule has 42 heavy (non-hydrogen) atoms. The third-order valence-corrected chi connectivity index (χ3v) is 9.30. The minimum Gasteiger partial charge on any atom is -0.449 e. The SMILES string of the molecule is CC1(C)CC([N+](C)(C(=O)c2cccc(C(F)(F)F)c2Cl)C2CCN(c3ccncc3)CC2)c2cc(OC(=O)O)ccc21. The van der Waals surface area contributed by atoms with E-state index in [2.05, 4.69) is 9.88 Å². The number of halogens is 4. The Morgan fingerprint density at radius 3 is 2.38 bits per heavy atom. The number of anilines is 1. The molecular formula is C31H32ClF3N3O4+. The van der Waals surface area contributed by atoms with Crippen molar-refractivity contribution in [3.8, 4) is 5.75 Å². The molecule has 5 rings (SSSR count). The van der Waals surface area contributed by atoms with Crippen LogP contribution in [0.1, 0.15) is 66.2 Å². The number of alkyl halides is 3. The van der Waals surface area contributed by atoms with Crippen LogP contribution in [-0.4, -0.2) is 52.8 Å². The zero-order chi connectivity index (χ0) is 30.4. The average molecular weight is 603 g/mol. The van der Waals surface area contributed by atoms with Crippen molar-refractivity contribution >= 4 is 29.4 Å². The van der Waals surface area contributed by atoms with Gasteiger partial charge in [0.1, 0.15) is 11.8 Å². The summed E-state index contributed by atoms with van der Waals surface area (Å²) in [5.74, 6) is -0.390. The lowest BCUT2D eigenvalue weighted by atomic mass is 9.86. The van der Waals surface area contributed by atoms with Gasteiger partial charge >= 0.3 is 18.2 Å². The molecule has 1 amide bonds. The van der Waals surface area contributed by atoms with E-state index in [0.29, 0.717) is 32.4 Å². The normalized spacial score (nSPS) is 20.1. The lowest BCUT2D eigenvalue weighted by Crippen LogP contribution is -2.61. The summed E-state index contributed by atoms with van der Waals surface area (Å²) in [5.41, 5.74) is 1.05. The van der Waals surface area contributed by atoms with Crippen LogP contribution in [0.5, 0.6) is 5.75 Å². The lowest BCUT2D eigenvalue weighted by Gasteiger charge is -2.47. The maximum absolute atomic E-state index is 14.7. The predicted molar refractivity (Wildman–Crippen MR) is 152 cm³/mol. The van der Waals surface area contributed by atoms with Gasteiger partial charge in [0.25, 0.3) is 0 Å². The molecule has 1 aliphatic carbocycles. The fraction of sp³-hybridized carbons (Fsp3) is 0.387. The number of ether oxygens (including phenoxy) is 1. The molecular weight excluding hydrogens is 571 g/mol. The summed E-state index contributed by atoms with van der Waals surface area (Å²) in [7, 11) is 1.78. The van der Waals surface area contributed by atoms with Gasteiger partial charge in [0.2, 0.25) is 0 Å². The van der Waals surface area contributed by atoms with Crippen LogP contribution in [0, 0.1) is 0 Å². The number of carboxylic acid groups (broad SMARTS) is 1. The Morgan fingerprint density at radius 2 is 1.76 bits per heavy atom. The van der Waals surface area contributed by atoms with Crippen molar-refractivity contribution in [3.63, 3.8) is 0 Å². The number of quaternary nitrogens is 1. The Bertz CT molecular complexity index is 1510. The van der Waals surface area contributed by atoms with E-state index < -0.39 is 40.3 Å². The molecule has 222 valence electrons. The molecule has 2 aromatic carbocycles. The molecule has 1 fully saturated rings. The summed E-state index contributed by atoms with van der Waals surface area (Å²) in [6.07, 6.45) is -1.04. The molecule has 0 radical (unpaired) electrons. The summed E-state index contributed by atoms with van der Waals surface area (Å²) in [6, 6.07) is 11.6. The largest absolute Gasteiger partial charge is 0.511 e. The highest BCUT2D eigenvalue weighted by Crippen LogP contribution is 2.53. The van der Waals surface area contributed by atoms with Crippen molar-refractivity contribution in [1.29, 1.82) is 0 Å². The number of pyridine rings is 1. The molecule has 7 nitrogen and oxygen atoms in total. The third-order valence-electron chi connectivity index (χ3n) is 8.89. The molecule has 2 aliphatic rings. The van der Waals surface area contributed by atoms with Crippen LogP contribution in [0.3, 0.4) is 0 Å². The van der Waals surface area contributed by atoms with Gasteiger partial charge < -0.3 is 14.7 Å². The van der Waals surface area contributed by atoms with Crippen LogP contribution >= 0.6 is 11.6 Å². The first-order valence-electron chi connectivity index (χ1n) is 13.7. The highest BCUT2D eigenvalue weighted by molar-refractivity contribution is 6.34. The molecule has 0 spiro atoms. The first-order chi connectivity index (χ1) is 19.7. The summed E-state index contributed by atoms with van der Waals surface area (Å²) < 4.78 is 46.2. The Hall–Kier alpha value is -3.63. The number of rotatable bonds is 5. The fourth-order valence-corrected chi connectivity index (χ4v) is 7.05. The van der Waals surface area contributed by atoms with E-state index in [-0.39, 0.29) is 21.8 Å². The van der Waals surface area contributed by atoms with Gasteiger partial charge in [0.05, 0.1) is 29.2 Å². The number of hydrogen-bond donors (Lipinski definition) is 1. The summed E-state index contributed by atoms with van der Waals surface area (Å²) in [6.45, 7) is 5.36. The first-order valence-corrected chi connectivity index (χ1v) is 14.1. The topological polar surface area (TPSA) is 79.7 Å². The molecule has 3 aromatic rings. The van der Waals surface area contributed by atoms with E-state index in [9.17, 15) is 27.9 Å².